The number of anilines is 1. The Morgan fingerprint density at radius 2 is 2.31 bits per heavy atom. The molecule has 5 nitrogen and oxygen atoms in total. The highest BCUT2D eigenvalue weighted by Gasteiger charge is 2.17. The monoisotopic (exact) mass is 219 g/mol. The fourth-order valence-corrected chi connectivity index (χ4v) is 1.66. The topological polar surface area (TPSA) is 69.6 Å². The third kappa shape index (κ3) is 1.50. The molecule has 2 N–H and O–H groups in total. The lowest BCUT2D eigenvalue weighted by Crippen LogP contribution is -2.07. The minimum atomic E-state index is -0.414. The Morgan fingerprint density at radius 1 is 1.56 bits per heavy atom. The summed E-state index contributed by atoms with van der Waals surface area (Å²) in [7, 11) is 0. The number of pyridine rings is 1. The summed E-state index contributed by atoms with van der Waals surface area (Å²) in [5, 5.41) is 0. The van der Waals surface area contributed by atoms with E-state index in [-0.39, 0.29) is 0 Å². The first-order valence-electron chi connectivity index (χ1n) is 5.05. The number of fused-ring (bicyclic) bond motifs is 1. The van der Waals surface area contributed by atoms with Gasteiger partial charge in [-0.05, 0) is 26.0 Å². The van der Waals surface area contributed by atoms with Crippen molar-refractivity contribution in [2.75, 3.05) is 12.3 Å². The second-order valence-electron chi connectivity index (χ2n) is 3.41. The van der Waals surface area contributed by atoms with Gasteiger partial charge in [0.2, 0.25) is 0 Å². The van der Waals surface area contributed by atoms with Crippen LogP contribution in [0.2, 0.25) is 0 Å². The highest BCUT2D eigenvalue weighted by atomic mass is 16.5. The van der Waals surface area contributed by atoms with Crippen molar-refractivity contribution in [2.24, 2.45) is 0 Å². The van der Waals surface area contributed by atoms with Crippen molar-refractivity contribution >= 4 is 17.4 Å². The van der Waals surface area contributed by atoms with Gasteiger partial charge in [0.1, 0.15) is 11.5 Å². The van der Waals surface area contributed by atoms with Crippen LogP contribution >= 0.6 is 0 Å². The van der Waals surface area contributed by atoms with E-state index in [0.29, 0.717) is 29.5 Å². The molecular weight excluding hydrogens is 206 g/mol. The summed E-state index contributed by atoms with van der Waals surface area (Å²) in [5.74, 6) is 0.140. The summed E-state index contributed by atoms with van der Waals surface area (Å²) in [6.07, 6.45) is 0. The van der Waals surface area contributed by atoms with Crippen LogP contribution in [0.25, 0.3) is 5.65 Å². The minimum Gasteiger partial charge on any atom is -0.461 e. The van der Waals surface area contributed by atoms with Crippen LogP contribution in [0.15, 0.2) is 18.2 Å². The van der Waals surface area contributed by atoms with Crippen molar-refractivity contribution in [1.29, 1.82) is 0 Å². The van der Waals surface area contributed by atoms with E-state index in [2.05, 4.69) is 4.98 Å². The van der Waals surface area contributed by atoms with E-state index in [4.69, 9.17) is 10.5 Å². The molecule has 0 unspecified atom stereocenters. The quantitative estimate of drug-likeness (QED) is 0.775. The van der Waals surface area contributed by atoms with Crippen molar-refractivity contribution in [1.82, 2.24) is 9.38 Å². The number of nitrogens with zero attached hydrogens (tertiary/aromatic N) is 2. The second kappa shape index (κ2) is 3.84. The Kier molecular flexibility index (Phi) is 2.52. The summed E-state index contributed by atoms with van der Waals surface area (Å²) in [5.41, 5.74) is 7.49. The maximum absolute atomic E-state index is 11.6. The fraction of sp³-hybridized carbons (Fsp3) is 0.273. The Morgan fingerprint density at radius 3 is 2.94 bits per heavy atom. The number of carbonyl (C=O) groups excluding carboxylic acids is 1. The van der Waals surface area contributed by atoms with Gasteiger partial charge in [-0.1, -0.05) is 6.07 Å². The molecule has 0 amide bonds. The number of ether oxygens (including phenoxy) is 1. The highest BCUT2D eigenvalue weighted by molar-refractivity contribution is 5.89. The second-order valence-corrected chi connectivity index (χ2v) is 3.41. The van der Waals surface area contributed by atoms with Gasteiger partial charge in [0.05, 0.1) is 12.3 Å². The van der Waals surface area contributed by atoms with E-state index in [1.165, 1.54) is 0 Å². The molecule has 84 valence electrons. The molecule has 5 heteroatoms. The van der Waals surface area contributed by atoms with Gasteiger partial charge in [0.15, 0.2) is 5.69 Å². The zero-order valence-corrected chi connectivity index (χ0v) is 9.23. The molecule has 2 heterocycles. The molecule has 0 fully saturated rings. The maximum Gasteiger partial charge on any atom is 0.358 e. The van der Waals surface area contributed by atoms with Crippen molar-refractivity contribution in [2.45, 2.75) is 13.8 Å². The van der Waals surface area contributed by atoms with E-state index in [9.17, 15) is 4.79 Å². The van der Waals surface area contributed by atoms with Crippen LogP contribution in [-0.4, -0.2) is 22.0 Å². The number of hydrogen-bond donors (Lipinski definition) is 1. The number of esters is 1. The standard InChI is InChI=1S/C11H13N3O2/c1-3-16-11(15)10-7(2)14-8(12)5-4-6-9(14)13-10/h4-6H,3,12H2,1-2H3. The average Bonchev–Trinajstić information content (AvgIpc) is 2.58. The summed E-state index contributed by atoms with van der Waals surface area (Å²) in [6.45, 7) is 3.89. The van der Waals surface area contributed by atoms with Crippen LogP contribution in [0.1, 0.15) is 23.1 Å². The Balaban J connectivity index is 2.61. The maximum atomic E-state index is 11.6. The first-order valence-corrected chi connectivity index (χ1v) is 5.05. The van der Waals surface area contributed by atoms with Crippen molar-refractivity contribution in [3.63, 3.8) is 0 Å². The predicted octanol–water partition coefficient (Wildman–Crippen LogP) is 1.40. The molecule has 0 saturated carbocycles. The molecule has 0 aliphatic heterocycles. The molecule has 2 rings (SSSR count). The normalized spacial score (nSPS) is 10.6. The molecule has 0 saturated heterocycles. The van der Waals surface area contributed by atoms with E-state index < -0.39 is 5.97 Å². The Bertz CT molecular complexity index is 545. The van der Waals surface area contributed by atoms with Crippen LogP contribution in [0, 0.1) is 6.92 Å². The smallest absolute Gasteiger partial charge is 0.358 e. The lowest BCUT2D eigenvalue weighted by molar-refractivity contribution is 0.0519. The molecule has 0 aliphatic rings. The van der Waals surface area contributed by atoms with Gasteiger partial charge in [0, 0.05) is 0 Å². The fourth-order valence-electron chi connectivity index (χ4n) is 1.66. The zero-order chi connectivity index (χ0) is 11.7. The molecule has 0 spiro atoms. The van der Waals surface area contributed by atoms with Gasteiger partial charge in [-0.3, -0.25) is 4.40 Å². The van der Waals surface area contributed by atoms with Gasteiger partial charge in [-0.25, -0.2) is 9.78 Å². The van der Waals surface area contributed by atoms with E-state index in [1.54, 1.807) is 36.4 Å². The van der Waals surface area contributed by atoms with Gasteiger partial charge in [-0.15, -0.1) is 0 Å². The summed E-state index contributed by atoms with van der Waals surface area (Å²) < 4.78 is 6.65. The van der Waals surface area contributed by atoms with Crippen molar-refractivity contribution < 1.29 is 9.53 Å². The Labute approximate surface area is 92.8 Å². The minimum absolute atomic E-state index is 0.319. The van der Waals surface area contributed by atoms with Crippen LogP contribution in [0.5, 0.6) is 0 Å². The van der Waals surface area contributed by atoms with Crippen LogP contribution in [0.4, 0.5) is 5.82 Å². The third-order valence-corrected chi connectivity index (χ3v) is 2.37. The van der Waals surface area contributed by atoms with Gasteiger partial charge >= 0.3 is 5.97 Å². The van der Waals surface area contributed by atoms with Crippen LogP contribution < -0.4 is 5.73 Å². The third-order valence-electron chi connectivity index (χ3n) is 2.37. The highest BCUT2D eigenvalue weighted by Crippen LogP contribution is 2.16. The Hall–Kier alpha value is -2.04. The predicted molar refractivity (Wildman–Crippen MR) is 60.3 cm³/mol. The van der Waals surface area contributed by atoms with Crippen molar-refractivity contribution in [3.8, 4) is 0 Å². The van der Waals surface area contributed by atoms with E-state index >= 15 is 0 Å². The lowest BCUT2D eigenvalue weighted by atomic mass is 10.3. The number of nitrogens with two attached hydrogens (primary N) is 1. The average molecular weight is 219 g/mol. The number of hydrogen-bond acceptors (Lipinski definition) is 4. The largest absolute Gasteiger partial charge is 0.461 e. The number of carbonyl (C=O) groups is 1. The first-order chi connectivity index (χ1) is 7.65. The van der Waals surface area contributed by atoms with Gasteiger partial charge in [-0.2, -0.15) is 0 Å². The van der Waals surface area contributed by atoms with Crippen LogP contribution in [0.3, 0.4) is 0 Å². The molecule has 0 aromatic carbocycles. The lowest BCUT2D eigenvalue weighted by Gasteiger charge is -2.01. The van der Waals surface area contributed by atoms with Crippen LogP contribution in [-0.2, 0) is 4.74 Å². The zero-order valence-electron chi connectivity index (χ0n) is 9.23. The van der Waals surface area contributed by atoms with Crippen molar-refractivity contribution in [3.05, 3.63) is 29.6 Å². The summed E-state index contributed by atoms with van der Waals surface area (Å²) >= 11 is 0. The number of imidazole rings is 1. The molecule has 0 bridgehead atoms. The molecule has 2 aromatic heterocycles. The molecule has 0 radical (unpaired) electrons. The summed E-state index contributed by atoms with van der Waals surface area (Å²) in [4.78, 5) is 15.8. The number of aryl methyl sites for hydroxylation is 1. The number of rotatable bonds is 2. The first kappa shape index (κ1) is 10.5. The number of nitrogen functional groups attached to an aromatic ring is 1. The van der Waals surface area contributed by atoms with E-state index in [0.717, 1.165) is 0 Å². The summed E-state index contributed by atoms with van der Waals surface area (Å²) in [6, 6.07) is 5.36. The van der Waals surface area contributed by atoms with Gasteiger partial charge in [0.25, 0.3) is 0 Å². The molecule has 0 aliphatic carbocycles. The number of aromatic nitrogens is 2. The van der Waals surface area contributed by atoms with E-state index in [1.807, 2.05) is 0 Å². The van der Waals surface area contributed by atoms with Gasteiger partial charge < -0.3 is 10.5 Å². The molecule has 16 heavy (non-hydrogen) atoms. The SMILES string of the molecule is CCOC(=O)c1nc2cccc(N)n2c1C. The molecule has 2 aromatic rings. The molecular formula is C11H13N3O2. The molecule has 0 atom stereocenters.